The fraction of sp³-hybridized carbons (Fsp3) is 0.385. The molecule has 1 aromatic heterocycles. The van der Waals surface area contributed by atoms with E-state index in [1.807, 2.05) is 49.4 Å². The second kappa shape index (κ2) is 9.07. The summed E-state index contributed by atoms with van der Waals surface area (Å²) in [7, 11) is 0. The van der Waals surface area contributed by atoms with E-state index in [0.29, 0.717) is 24.7 Å². The molecule has 0 fully saturated rings. The lowest BCUT2D eigenvalue weighted by Crippen LogP contribution is -2.38. The van der Waals surface area contributed by atoms with Crippen LogP contribution in [0.25, 0.3) is 11.5 Å². The Hall–Kier alpha value is -3.28. The maximum atomic E-state index is 11.5. The molecule has 4 rings (SSSR count). The second-order valence-corrected chi connectivity index (χ2v) is 8.63. The number of rotatable bonds is 8. The lowest BCUT2D eigenvalue weighted by Gasteiger charge is -2.27. The highest BCUT2D eigenvalue weighted by Gasteiger charge is 2.31. The predicted molar refractivity (Wildman–Crippen MR) is 121 cm³/mol. The average molecular weight is 436 g/mol. The molecule has 2 aromatic carbocycles. The molecule has 1 aliphatic carbocycles. The van der Waals surface area contributed by atoms with Crippen molar-refractivity contribution in [1.29, 1.82) is 0 Å². The zero-order valence-electron chi connectivity index (χ0n) is 18.8. The summed E-state index contributed by atoms with van der Waals surface area (Å²) in [6, 6.07) is 13.6. The van der Waals surface area contributed by atoms with Crippen molar-refractivity contribution in [1.82, 2.24) is 4.98 Å². The van der Waals surface area contributed by atoms with Crippen molar-refractivity contribution in [3.8, 4) is 23.0 Å². The molecule has 0 amide bonds. The lowest BCUT2D eigenvalue weighted by molar-refractivity contribution is -0.152. The van der Waals surface area contributed by atoms with E-state index in [1.54, 1.807) is 13.8 Å². The first kappa shape index (κ1) is 21.9. The Bertz CT molecular complexity index is 1100. The summed E-state index contributed by atoms with van der Waals surface area (Å²) in [5.41, 5.74) is 2.75. The number of hydrogen-bond donors (Lipinski definition) is 1. The molecule has 1 aliphatic rings. The van der Waals surface area contributed by atoms with Crippen LogP contribution in [0.5, 0.6) is 11.5 Å². The van der Waals surface area contributed by atoms with Gasteiger partial charge in [-0.1, -0.05) is 18.2 Å². The van der Waals surface area contributed by atoms with E-state index in [-0.39, 0.29) is 0 Å². The molecule has 1 N–H and O–H groups in total. The van der Waals surface area contributed by atoms with Gasteiger partial charge in [-0.2, -0.15) is 0 Å². The van der Waals surface area contributed by atoms with Crippen LogP contribution < -0.4 is 9.47 Å². The number of carbonyl (C=O) groups is 1. The monoisotopic (exact) mass is 435 g/mol. The molecular weight excluding hydrogens is 406 g/mol. The Morgan fingerprint density at radius 3 is 2.41 bits per heavy atom. The van der Waals surface area contributed by atoms with E-state index in [2.05, 4.69) is 4.98 Å². The summed E-state index contributed by atoms with van der Waals surface area (Å²) in [6.07, 6.45) is 4.54. The molecule has 0 atom stereocenters. The Kier molecular flexibility index (Phi) is 6.21. The quantitative estimate of drug-likeness (QED) is 0.511. The van der Waals surface area contributed by atoms with Crippen LogP contribution >= 0.6 is 0 Å². The van der Waals surface area contributed by atoms with Crippen molar-refractivity contribution < 1.29 is 23.8 Å². The molecular formula is C26H29NO5. The first-order valence-corrected chi connectivity index (χ1v) is 11.1. The van der Waals surface area contributed by atoms with Crippen molar-refractivity contribution >= 4 is 5.97 Å². The molecule has 32 heavy (non-hydrogen) atoms. The van der Waals surface area contributed by atoms with Gasteiger partial charge in [0.25, 0.3) is 0 Å². The van der Waals surface area contributed by atoms with Crippen molar-refractivity contribution in [2.24, 2.45) is 0 Å². The number of benzene rings is 2. The maximum Gasteiger partial charge on any atom is 0.347 e. The first-order valence-electron chi connectivity index (χ1n) is 11.1. The van der Waals surface area contributed by atoms with E-state index in [1.165, 1.54) is 0 Å². The minimum Gasteiger partial charge on any atom is -0.493 e. The second-order valence-electron chi connectivity index (χ2n) is 8.63. The van der Waals surface area contributed by atoms with Crippen LogP contribution in [-0.4, -0.2) is 28.3 Å². The Labute approximate surface area is 188 Å². The fourth-order valence-electron chi connectivity index (χ4n) is 3.97. The van der Waals surface area contributed by atoms with Gasteiger partial charge in [-0.3, -0.25) is 0 Å². The minimum absolute atomic E-state index is 0.481. The van der Waals surface area contributed by atoms with Crippen LogP contribution in [0, 0.1) is 6.92 Å². The topological polar surface area (TPSA) is 81.8 Å². The van der Waals surface area contributed by atoms with Gasteiger partial charge < -0.3 is 19.0 Å². The van der Waals surface area contributed by atoms with Gasteiger partial charge in [-0.25, -0.2) is 9.78 Å². The number of oxazole rings is 1. The molecule has 168 valence electrons. The van der Waals surface area contributed by atoms with Crippen LogP contribution in [0.15, 0.2) is 46.9 Å². The highest BCUT2D eigenvalue weighted by Crippen LogP contribution is 2.37. The van der Waals surface area contributed by atoms with Gasteiger partial charge in [-0.15, -0.1) is 0 Å². The van der Waals surface area contributed by atoms with Crippen LogP contribution in [0.1, 0.15) is 49.3 Å². The molecule has 0 spiro atoms. The van der Waals surface area contributed by atoms with E-state index >= 15 is 0 Å². The number of carboxylic acids is 1. The van der Waals surface area contributed by atoms with E-state index in [4.69, 9.17) is 13.9 Å². The summed E-state index contributed by atoms with van der Waals surface area (Å²) in [4.78, 5) is 16.1. The minimum atomic E-state index is -1.28. The zero-order chi connectivity index (χ0) is 22.7. The van der Waals surface area contributed by atoms with E-state index < -0.39 is 11.6 Å². The molecule has 0 unspecified atom stereocenters. The van der Waals surface area contributed by atoms with Crippen LogP contribution in [0.4, 0.5) is 0 Å². The Balaban J connectivity index is 1.47. The third kappa shape index (κ3) is 4.64. The number of hydrogen-bond acceptors (Lipinski definition) is 5. The van der Waals surface area contributed by atoms with Gasteiger partial charge >= 0.3 is 5.97 Å². The Morgan fingerprint density at radius 1 is 1.06 bits per heavy atom. The number of aliphatic carboxylic acids is 1. The van der Waals surface area contributed by atoms with E-state index in [9.17, 15) is 9.90 Å². The standard InChI is InChI=1S/C26H29NO5/c1-17-21(27-24(31-17)18-9-5-4-6-10-18)15-16-30-22-13-14-23(32-26(2,3)25(28)29)20-12-8-7-11-19(20)22/h4-6,9-10,13-14H,7-8,11-12,15-16H2,1-3H3,(H,28,29). The molecule has 1 heterocycles. The molecule has 6 nitrogen and oxygen atoms in total. The zero-order valence-corrected chi connectivity index (χ0v) is 18.8. The summed E-state index contributed by atoms with van der Waals surface area (Å²) in [5.74, 6) is 1.91. The highest BCUT2D eigenvalue weighted by molar-refractivity contribution is 5.77. The lowest BCUT2D eigenvalue weighted by atomic mass is 9.90. The number of aryl methyl sites for hydroxylation is 1. The van der Waals surface area contributed by atoms with Crippen molar-refractivity contribution in [3.63, 3.8) is 0 Å². The molecule has 3 aromatic rings. The summed E-state index contributed by atoms with van der Waals surface area (Å²) in [5, 5.41) is 9.42. The predicted octanol–water partition coefficient (Wildman–Crippen LogP) is 5.39. The number of aromatic nitrogens is 1. The summed E-state index contributed by atoms with van der Waals surface area (Å²) >= 11 is 0. The Morgan fingerprint density at radius 2 is 1.72 bits per heavy atom. The maximum absolute atomic E-state index is 11.5. The SMILES string of the molecule is Cc1oc(-c2ccccc2)nc1CCOc1ccc(OC(C)(C)C(=O)O)c2c1CCCC2. The van der Waals surface area contributed by atoms with Gasteiger partial charge in [0.1, 0.15) is 17.3 Å². The highest BCUT2D eigenvalue weighted by atomic mass is 16.5. The largest absolute Gasteiger partial charge is 0.493 e. The number of nitrogens with zero attached hydrogens (tertiary/aromatic N) is 1. The molecule has 0 saturated heterocycles. The third-order valence-corrected chi connectivity index (χ3v) is 5.84. The first-order chi connectivity index (χ1) is 15.3. The summed E-state index contributed by atoms with van der Waals surface area (Å²) in [6.45, 7) is 5.54. The van der Waals surface area contributed by atoms with Gasteiger partial charge in [0, 0.05) is 23.1 Å². The van der Waals surface area contributed by atoms with Gasteiger partial charge in [0.05, 0.1) is 12.3 Å². The van der Waals surface area contributed by atoms with Gasteiger partial charge in [0.15, 0.2) is 5.60 Å². The van der Waals surface area contributed by atoms with E-state index in [0.717, 1.165) is 59.6 Å². The molecule has 0 bridgehead atoms. The van der Waals surface area contributed by atoms with Crippen LogP contribution in [-0.2, 0) is 24.1 Å². The molecule has 0 aliphatic heterocycles. The van der Waals surface area contributed by atoms with Crippen molar-refractivity contribution in [2.45, 2.75) is 58.5 Å². The summed E-state index contributed by atoms with van der Waals surface area (Å²) < 4.78 is 17.9. The van der Waals surface area contributed by atoms with Crippen molar-refractivity contribution in [3.05, 3.63) is 65.0 Å². The van der Waals surface area contributed by atoms with Gasteiger partial charge in [-0.05, 0) is 70.7 Å². The molecule has 0 radical (unpaired) electrons. The van der Waals surface area contributed by atoms with Crippen molar-refractivity contribution in [2.75, 3.05) is 6.61 Å². The fourth-order valence-corrected chi connectivity index (χ4v) is 3.97. The third-order valence-electron chi connectivity index (χ3n) is 5.84. The number of ether oxygens (including phenoxy) is 2. The number of carboxylic acid groups (broad SMARTS) is 1. The number of fused-ring (bicyclic) bond motifs is 1. The van der Waals surface area contributed by atoms with Crippen LogP contribution in [0.2, 0.25) is 0 Å². The molecule has 0 saturated carbocycles. The smallest absolute Gasteiger partial charge is 0.347 e. The normalized spacial score (nSPS) is 13.5. The molecule has 6 heteroatoms. The van der Waals surface area contributed by atoms with Crippen LogP contribution in [0.3, 0.4) is 0 Å². The average Bonchev–Trinajstić information content (AvgIpc) is 3.16. The van der Waals surface area contributed by atoms with Gasteiger partial charge in [0.2, 0.25) is 5.89 Å².